The summed E-state index contributed by atoms with van der Waals surface area (Å²) in [7, 11) is -2.04. The van der Waals surface area contributed by atoms with Crippen LogP contribution >= 0.6 is 0 Å². The van der Waals surface area contributed by atoms with E-state index in [1.807, 2.05) is 6.07 Å². The van der Waals surface area contributed by atoms with Crippen LogP contribution in [0.15, 0.2) is 23.1 Å². The van der Waals surface area contributed by atoms with E-state index in [9.17, 15) is 8.42 Å². The lowest BCUT2D eigenvalue weighted by Crippen LogP contribution is -2.32. The Morgan fingerprint density at radius 2 is 2.17 bits per heavy atom. The van der Waals surface area contributed by atoms with Gasteiger partial charge in [0.15, 0.2) is 0 Å². The highest BCUT2D eigenvalue weighted by atomic mass is 32.2. The van der Waals surface area contributed by atoms with Gasteiger partial charge in [0.05, 0.1) is 22.6 Å². The van der Waals surface area contributed by atoms with Crippen molar-refractivity contribution >= 4 is 10.0 Å². The van der Waals surface area contributed by atoms with Crippen molar-refractivity contribution in [3.63, 3.8) is 0 Å². The summed E-state index contributed by atoms with van der Waals surface area (Å²) in [5.41, 5.74) is 0.989. The van der Waals surface area contributed by atoms with Gasteiger partial charge in [-0.05, 0) is 37.6 Å². The predicted octanol–water partition coefficient (Wildman–Crippen LogP) is 1.18. The third-order valence-electron chi connectivity index (χ3n) is 2.56. The summed E-state index contributed by atoms with van der Waals surface area (Å²) < 4.78 is 31.5. The van der Waals surface area contributed by atoms with Gasteiger partial charge < -0.3 is 4.74 Å². The summed E-state index contributed by atoms with van der Waals surface area (Å²) in [6.07, 6.45) is -0.196. The van der Waals surface area contributed by atoms with E-state index in [0.29, 0.717) is 11.1 Å². The Labute approximate surface area is 107 Å². The van der Waals surface area contributed by atoms with Gasteiger partial charge in [0, 0.05) is 13.7 Å². The number of methoxy groups -OCH3 is 1. The highest BCUT2D eigenvalue weighted by molar-refractivity contribution is 7.89. The minimum Gasteiger partial charge on any atom is -0.380 e. The normalized spacial score (nSPS) is 13.0. The van der Waals surface area contributed by atoms with Crippen molar-refractivity contribution in [1.29, 1.82) is 5.26 Å². The van der Waals surface area contributed by atoms with Crippen LogP contribution in [0.4, 0.5) is 0 Å². The molecule has 0 bridgehead atoms. The molecule has 1 aromatic rings. The summed E-state index contributed by atoms with van der Waals surface area (Å²) in [6, 6.07) is 6.45. The summed E-state index contributed by atoms with van der Waals surface area (Å²) in [5.74, 6) is 0. The zero-order valence-electron chi connectivity index (χ0n) is 10.6. The summed E-state index contributed by atoms with van der Waals surface area (Å²) in [5, 5.41) is 8.73. The van der Waals surface area contributed by atoms with Gasteiger partial charge in [0.1, 0.15) is 0 Å². The molecular weight excluding hydrogens is 252 g/mol. The van der Waals surface area contributed by atoms with Crippen molar-refractivity contribution in [1.82, 2.24) is 4.72 Å². The van der Waals surface area contributed by atoms with E-state index in [4.69, 9.17) is 10.00 Å². The second-order valence-corrected chi connectivity index (χ2v) is 5.73. The predicted molar refractivity (Wildman–Crippen MR) is 67.6 cm³/mol. The van der Waals surface area contributed by atoms with Crippen molar-refractivity contribution in [2.75, 3.05) is 13.7 Å². The zero-order chi connectivity index (χ0) is 13.8. The lowest BCUT2D eigenvalue weighted by Gasteiger charge is -2.12. The molecule has 0 radical (unpaired) electrons. The van der Waals surface area contributed by atoms with Gasteiger partial charge in [0.25, 0.3) is 0 Å². The second-order valence-electron chi connectivity index (χ2n) is 3.99. The van der Waals surface area contributed by atoms with Gasteiger partial charge in [-0.15, -0.1) is 0 Å². The number of nitriles is 1. The Hall–Kier alpha value is -1.42. The number of nitrogens with one attached hydrogen (secondary N) is 1. The van der Waals surface area contributed by atoms with Gasteiger partial charge in [-0.25, -0.2) is 13.1 Å². The van der Waals surface area contributed by atoms with Crippen LogP contribution in [0.25, 0.3) is 0 Å². The molecule has 1 N–H and O–H groups in total. The molecule has 0 spiro atoms. The maximum absolute atomic E-state index is 12.0. The second kappa shape index (κ2) is 5.96. The number of nitrogens with zero attached hydrogens (tertiary/aromatic N) is 1. The fourth-order valence-electron chi connectivity index (χ4n) is 1.41. The average Bonchev–Trinajstić information content (AvgIpc) is 2.35. The third kappa shape index (κ3) is 3.53. The molecule has 1 atom stereocenters. The van der Waals surface area contributed by atoms with Crippen LogP contribution in [0.3, 0.4) is 0 Å². The van der Waals surface area contributed by atoms with Gasteiger partial charge in [-0.3, -0.25) is 0 Å². The van der Waals surface area contributed by atoms with Crippen molar-refractivity contribution in [2.45, 2.75) is 24.8 Å². The molecule has 0 heterocycles. The van der Waals surface area contributed by atoms with Crippen LogP contribution in [0.5, 0.6) is 0 Å². The van der Waals surface area contributed by atoms with E-state index < -0.39 is 10.0 Å². The van der Waals surface area contributed by atoms with Crippen LogP contribution in [-0.2, 0) is 14.8 Å². The smallest absolute Gasteiger partial charge is 0.240 e. The largest absolute Gasteiger partial charge is 0.380 e. The monoisotopic (exact) mass is 268 g/mol. The van der Waals surface area contributed by atoms with E-state index in [1.54, 1.807) is 19.9 Å². The summed E-state index contributed by atoms with van der Waals surface area (Å²) in [6.45, 7) is 3.64. The summed E-state index contributed by atoms with van der Waals surface area (Å²) >= 11 is 0. The molecule has 18 heavy (non-hydrogen) atoms. The Kier molecular flexibility index (Phi) is 4.84. The molecule has 98 valence electrons. The van der Waals surface area contributed by atoms with E-state index >= 15 is 0 Å². The summed E-state index contributed by atoms with van der Waals surface area (Å²) in [4.78, 5) is 0.185. The van der Waals surface area contributed by atoms with Crippen LogP contribution in [0.1, 0.15) is 18.1 Å². The molecule has 0 amide bonds. The average molecular weight is 268 g/mol. The van der Waals surface area contributed by atoms with Crippen LogP contribution in [0.2, 0.25) is 0 Å². The van der Waals surface area contributed by atoms with Gasteiger partial charge in [-0.1, -0.05) is 0 Å². The first-order chi connectivity index (χ1) is 8.40. The molecule has 0 aliphatic rings. The zero-order valence-corrected chi connectivity index (χ0v) is 11.4. The standard InChI is InChI=1S/C12H16N2O3S/c1-9-6-11(7-13)4-5-12(9)18(15,16)14-8-10(2)17-3/h4-6,10,14H,8H2,1-3H3. The number of benzene rings is 1. The van der Waals surface area contributed by atoms with Crippen LogP contribution in [0, 0.1) is 18.3 Å². The molecule has 1 aromatic carbocycles. The van der Waals surface area contributed by atoms with Gasteiger partial charge in [-0.2, -0.15) is 5.26 Å². The van der Waals surface area contributed by atoms with Crippen molar-refractivity contribution in [3.8, 4) is 6.07 Å². The minimum absolute atomic E-state index is 0.185. The third-order valence-corrected chi connectivity index (χ3v) is 4.14. The van der Waals surface area contributed by atoms with Crippen molar-refractivity contribution < 1.29 is 13.2 Å². The van der Waals surface area contributed by atoms with E-state index in [-0.39, 0.29) is 17.5 Å². The molecule has 0 saturated heterocycles. The van der Waals surface area contributed by atoms with E-state index in [2.05, 4.69) is 4.72 Å². The SMILES string of the molecule is COC(C)CNS(=O)(=O)c1ccc(C#N)cc1C. The molecule has 0 saturated carbocycles. The number of rotatable bonds is 5. The lowest BCUT2D eigenvalue weighted by molar-refractivity contribution is 0.122. The molecular formula is C12H16N2O3S. The first kappa shape index (κ1) is 14.6. The lowest BCUT2D eigenvalue weighted by atomic mass is 10.2. The number of aryl methyl sites for hydroxylation is 1. The highest BCUT2D eigenvalue weighted by Gasteiger charge is 2.17. The first-order valence-corrected chi connectivity index (χ1v) is 6.92. The topological polar surface area (TPSA) is 79.2 Å². The van der Waals surface area contributed by atoms with Crippen LogP contribution in [-0.4, -0.2) is 28.2 Å². The number of hydrogen-bond donors (Lipinski definition) is 1. The van der Waals surface area contributed by atoms with E-state index in [1.165, 1.54) is 19.2 Å². The number of ether oxygens (including phenoxy) is 1. The molecule has 1 rings (SSSR count). The molecule has 1 unspecified atom stereocenters. The quantitative estimate of drug-likeness (QED) is 0.869. The van der Waals surface area contributed by atoms with Gasteiger partial charge in [0.2, 0.25) is 10.0 Å². The Morgan fingerprint density at radius 1 is 1.50 bits per heavy atom. The first-order valence-electron chi connectivity index (χ1n) is 5.44. The fraction of sp³-hybridized carbons (Fsp3) is 0.417. The van der Waals surface area contributed by atoms with Crippen molar-refractivity contribution in [2.24, 2.45) is 0 Å². The minimum atomic E-state index is -3.56. The number of sulfonamides is 1. The Bertz CT molecular complexity index is 561. The molecule has 6 heteroatoms. The Morgan fingerprint density at radius 3 is 2.67 bits per heavy atom. The van der Waals surface area contributed by atoms with Crippen LogP contribution < -0.4 is 4.72 Å². The fourth-order valence-corrected chi connectivity index (χ4v) is 2.75. The molecule has 0 aliphatic heterocycles. The molecule has 0 aromatic heterocycles. The highest BCUT2D eigenvalue weighted by Crippen LogP contribution is 2.16. The van der Waals surface area contributed by atoms with Crippen molar-refractivity contribution in [3.05, 3.63) is 29.3 Å². The number of hydrogen-bond acceptors (Lipinski definition) is 4. The maximum atomic E-state index is 12.0. The molecule has 0 fully saturated rings. The molecule has 5 nitrogen and oxygen atoms in total. The van der Waals surface area contributed by atoms with E-state index in [0.717, 1.165) is 0 Å². The molecule has 0 aliphatic carbocycles. The van der Waals surface area contributed by atoms with Gasteiger partial charge >= 0.3 is 0 Å². The Balaban J connectivity index is 2.96. The maximum Gasteiger partial charge on any atom is 0.240 e.